The second kappa shape index (κ2) is 5.62. The van der Waals surface area contributed by atoms with Gasteiger partial charge in [0.25, 0.3) is 0 Å². The smallest absolute Gasteiger partial charge is 0.328 e. The summed E-state index contributed by atoms with van der Waals surface area (Å²) in [5.74, 6) is -0.571. The molecule has 0 bridgehead atoms. The lowest BCUT2D eigenvalue weighted by molar-refractivity contribution is -0.131. The number of aromatic nitrogens is 1. The number of carboxylic acids is 1. The van der Waals surface area contributed by atoms with Crippen molar-refractivity contribution in [2.75, 3.05) is 11.5 Å². The first-order valence-corrected chi connectivity index (χ1v) is 7.93. The van der Waals surface area contributed by atoms with Crippen LogP contribution in [-0.4, -0.2) is 42.1 Å². The molecule has 7 heteroatoms. The van der Waals surface area contributed by atoms with Crippen LogP contribution in [0.2, 0.25) is 0 Å². The molecule has 0 spiro atoms. The third-order valence-electron chi connectivity index (χ3n) is 2.89. The molecule has 1 aliphatic rings. The number of sulfone groups is 1. The SMILES string of the molecule is Cc1ccc(OC2CCS(=O)(=O)C2)c(C=CC(=O)O)n1. The van der Waals surface area contributed by atoms with Crippen molar-refractivity contribution in [1.29, 1.82) is 0 Å². The average Bonchev–Trinajstić information content (AvgIpc) is 2.69. The van der Waals surface area contributed by atoms with Crippen LogP contribution >= 0.6 is 0 Å². The minimum absolute atomic E-state index is 0.0110. The van der Waals surface area contributed by atoms with Gasteiger partial charge in [-0.25, -0.2) is 18.2 Å². The molecule has 2 rings (SSSR count). The Hall–Kier alpha value is -1.89. The van der Waals surface area contributed by atoms with Crippen LogP contribution in [-0.2, 0) is 14.6 Å². The molecule has 0 aromatic carbocycles. The highest BCUT2D eigenvalue weighted by atomic mass is 32.2. The number of aryl methyl sites for hydroxylation is 1. The zero-order chi connectivity index (χ0) is 14.8. The topological polar surface area (TPSA) is 93.6 Å². The Kier molecular flexibility index (Phi) is 4.08. The zero-order valence-electron chi connectivity index (χ0n) is 10.9. The first-order valence-electron chi connectivity index (χ1n) is 6.11. The van der Waals surface area contributed by atoms with E-state index < -0.39 is 21.9 Å². The summed E-state index contributed by atoms with van der Waals surface area (Å²) in [7, 11) is -3.02. The van der Waals surface area contributed by atoms with Gasteiger partial charge in [0.1, 0.15) is 17.5 Å². The zero-order valence-corrected chi connectivity index (χ0v) is 11.8. The van der Waals surface area contributed by atoms with E-state index in [0.717, 1.165) is 11.8 Å². The summed E-state index contributed by atoms with van der Waals surface area (Å²) < 4.78 is 28.4. The molecule has 0 saturated carbocycles. The number of rotatable bonds is 4. The molecule has 0 amide bonds. The fourth-order valence-corrected chi connectivity index (χ4v) is 3.56. The predicted octanol–water partition coefficient (Wildman–Crippen LogP) is 1.05. The Labute approximate surface area is 117 Å². The Morgan fingerprint density at radius 3 is 2.85 bits per heavy atom. The van der Waals surface area contributed by atoms with Crippen molar-refractivity contribution in [2.24, 2.45) is 0 Å². The second-order valence-corrected chi connectivity index (χ2v) is 6.88. The van der Waals surface area contributed by atoms with Crippen LogP contribution in [0.4, 0.5) is 0 Å². The monoisotopic (exact) mass is 297 g/mol. The summed E-state index contributed by atoms with van der Waals surface area (Å²) in [4.78, 5) is 14.8. The lowest BCUT2D eigenvalue weighted by Gasteiger charge is -2.14. The van der Waals surface area contributed by atoms with Gasteiger partial charge in [0.2, 0.25) is 0 Å². The first-order chi connectivity index (χ1) is 9.35. The summed E-state index contributed by atoms with van der Waals surface area (Å²) in [5, 5.41) is 8.65. The molecule has 0 radical (unpaired) electrons. The Bertz CT molecular complexity index is 651. The molecule has 1 aliphatic heterocycles. The van der Waals surface area contributed by atoms with Gasteiger partial charge < -0.3 is 9.84 Å². The maximum atomic E-state index is 11.4. The number of hydrogen-bond acceptors (Lipinski definition) is 5. The van der Waals surface area contributed by atoms with E-state index in [-0.39, 0.29) is 11.5 Å². The number of ether oxygens (including phenoxy) is 1. The minimum atomic E-state index is -3.02. The molecule has 108 valence electrons. The van der Waals surface area contributed by atoms with Crippen LogP contribution in [0.25, 0.3) is 6.08 Å². The Morgan fingerprint density at radius 1 is 1.50 bits per heavy atom. The molecule has 1 aromatic rings. The highest BCUT2D eigenvalue weighted by Gasteiger charge is 2.29. The molecule has 1 saturated heterocycles. The standard InChI is InChI=1S/C13H15NO5S/c1-9-2-4-12(11(14-9)3-5-13(15)16)19-10-6-7-20(17,18)8-10/h2-5,10H,6-8H2,1H3,(H,15,16). The fourth-order valence-electron chi connectivity index (χ4n) is 1.97. The highest BCUT2D eigenvalue weighted by molar-refractivity contribution is 7.91. The van der Waals surface area contributed by atoms with E-state index in [1.807, 2.05) is 0 Å². The van der Waals surface area contributed by atoms with E-state index in [1.54, 1.807) is 19.1 Å². The van der Waals surface area contributed by atoms with Crippen molar-refractivity contribution in [3.8, 4) is 5.75 Å². The van der Waals surface area contributed by atoms with Crippen molar-refractivity contribution < 1.29 is 23.1 Å². The van der Waals surface area contributed by atoms with Crippen LogP contribution in [0, 0.1) is 6.92 Å². The van der Waals surface area contributed by atoms with Gasteiger partial charge in [-0.05, 0) is 31.6 Å². The molecule has 1 atom stereocenters. The molecule has 1 unspecified atom stereocenters. The van der Waals surface area contributed by atoms with Crippen LogP contribution in [0.5, 0.6) is 5.75 Å². The lowest BCUT2D eigenvalue weighted by Crippen LogP contribution is -2.18. The molecule has 20 heavy (non-hydrogen) atoms. The summed E-state index contributed by atoms with van der Waals surface area (Å²) >= 11 is 0. The molecular weight excluding hydrogens is 282 g/mol. The van der Waals surface area contributed by atoms with E-state index in [9.17, 15) is 13.2 Å². The van der Waals surface area contributed by atoms with Crippen LogP contribution in [0.3, 0.4) is 0 Å². The summed E-state index contributed by atoms with van der Waals surface area (Å²) in [6.07, 6.45) is 2.35. The average molecular weight is 297 g/mol. The number of carbonyl (C=O) groups is 1. The maximum Gasteiger partial charge on any atom is 0.328 e. The van der Waals surface area contributed by atoms with E-state index in [1.165, 1.54) is 6.08 Å². The lowest BCUT2D eigenvalue weighted by atomic mass is 10.2. The third kappa shape index (κ3) is 3.80. The third-order valence-corrected chi connectivity index (χ3v) is 4.63. The summed E-state index contributed by atoms with van der Waals surface area (Å²) in [6.45, 7) is 1.78. The second-order valence-electron chi connectivity index (χ2n) is 4.65. The van der Waals surface area contributed by atoms with Gasteiger partial charge in [0.15, 0.2) is 9.84 Å². The molecule has 6 nitrogen and oxygen atoms in total. The molecule has 2 heterocycles. The first kappa shape index (κ1) is 14.5. The Balaban J connectivity index is 2.21. The normalized spacial score (nSPS) is 21.1. The van der Waals surface area contributed by atoms with Gasteiger partial charge in [-0.1, -0.05) is 0 Å². The molecule has 1 aromatic heterocycles. The molecule has 1 N–H and O–H groups in total. The molecule has 1 fully saturated rings. The number of hydrogen-bond donors (Lipinski definition) is 1. The largest absolute Gasteiger partial charge is 0.487 e. The maximum absolute atomic E-state index is 11.4. The summed E-state index contributed by atoms with van der Waals surface area (Å²) in [6, 6.07) is 3.41. The fraction of sp³-hybridized carbons (Fsp3) is 0.385. The number of aliphatic carboxylic acids is 1. The van der Waals surface area contributed by atoms with Gasteiger partial charge in [0.05, 0.1) is 11.5 Å². The Morgan fingerprint density at radius 2 is 2.25 bits per heavy atom. The van der Waals surface area contributed by atoms with Crippen LogP contribution in [0.1, 0.15) is 17.8 Å². The van der Waals surface area contributed by atoms with Crippen molar-refractivity contribution in [2.45, 2.75) is 19.4 Å². The van der Waals surface area contributed by atoms with Gasteiger partial charge in [-0.2, -0.15) is 0 Å². The van der Waals surface area contributed by atoms with Gasteiger partial charge in [-0.15, -0.1) is 0 Å². The highest BCUT2D eigenvalue weighted by Crippen LogP contribution is 2.23. The van der Waals surface area contributed by atoms with E-state index >= 15 is 0 Å². The summed E-state index contributed by atoms with van der Waals surface area (Å²) in [5.41, 5.74) is 1.11. The van der Waals surface area contributed by atoms with E-state index in [4.69, 9.17) is 9.84 Å². The van der Waals surface area contributed by atoms with E-state index in [2.05, 4.69) is 4.98 Å². The van der Waals surface area contributed by atoms with Gasteiger partial charge in [0, 0.05) is 11.8 Å². The quantitative estimate of drug-likeness (QED) is 0.835. The number of carboxylic acid groups (broad SMARTS) is 1. The van der Waals surface area contributed by atoms with Gasteiger partial charge >= 0.3 is 5.97 Å². The van der Waals surface area contributed by atoms with Crippen LogP contribution < -0.4 is 4.74 Å². The molecular formula is C13H15NO5S. The molecule has 0 aliphatic carbocycles. The van der Waals surface area contributed by atoms with Crippen molar-refractivity contribution in [3.63, 3.8) is 0 Å². The number of pyridine rings is 1. The van der Waals surface area contributed by atoms with Gasteiger partial charge in [-0.3, -0.25) is 0 Å². The van der Waals surface area contributed by atoms with Crippen molar-refractivity contribution in [1.82, 2.24) is 4.98 Å². The van der Waals surface area contributed by atoms with E-state index in [0.29, 0.717) is 17.9 Å². The van der Waals surface area contributed by atoms with Crippen molar-refractivity contribution in [3.05, 3.63) is 29.6 Å². The number of nitrogens with zero attached hydrogens (tertiary/aromatic N) is 1. The minimum Gasteiger partial charge on any atom is -0.487 e. The predicted molar refractivity (Wildman–Crippen MR) is 73.3 cm³/mol. The van der Waals surface area contributed by atoms with Crippen LogP contribution in [0.15, 0.2) is 18.2 Å². The van der Waals surface area contributed by atoms with Crippen molar-refractivity contribution >= 4 is 21.9 Å².